The number of rotatable bonds is 12. The van der Waals surface area contributed by atoms with Crippen molar-refractivity contribution in [2.45, 2.75) is 0 Å². The molecule has 0 unspecified atom stereocenters. The molecule has 0 fully saturated rings. The number of ether oxygens (including phenoxy) is 2. The maximum atomic E-state index is 5.55. The van der Waals surface area contributed by atoms with Crippen LogP contribution in [0.2, 0.25) is 0 Å². The van der Waals surface area contributed by atoms with Crippen molar-refractivity contribution in [2.75, 3.05) is 14.2 Å². The molecule has 0 N–H and O–H groups in total. The van der Waals surface area contributed by atoms with Gasteiger partial charge in [-0.3, -0.25) is 0 Å². The number of benzene rings is 8. The molecule has 9 aromatic rings. The molecule has 3 nitrogen and oxygen atoms in total. The van der Waals surface area contributed by atoms with Crippen LogP contribution in [0.1, 0.15) is 44.5 Å². The van der Waals surface area contributed by atoms with Gasteiger partial charge < -0.3 is 9.47 Å². The van der Waals surface area contributed by atoms with Crippen LogP contribution in [-0.4, -0.2) is 19.2 Å². The van der Waals surface area contributed by atoms with Gasteiger partial charge in [0, 0.05) is 11.1 Å². The highest BCUT2D eigenvalue weighted by atomic mass is 16.5. The Bertz CT molecular complexity index is 2650. The second-order valence-corrected chi connectivity index (χ2v) is 15.0. The fourth-order valence-corrected chi connectivity index (χ4v) is 8.13. The monoisotopic (exact) mass is 799 g/mol. The highest BCUT2D eigenvalue weighted by molar-refractivity contribution is 6.06. The summed E-state index contributed by atoms with van der Waals surface area (Å²) in [5, 5.41) is 0. The van der Waals surface area contributed by atoms with Crippen LogP contribution in [0, 0.1) is 0 Å². The van der Waals surface area contributed by atoms with Gasteiger partial charge in [-0.2, -0.15) is 0 Å². The van der Waals surface area contributed by atoms with E-state index in [4.69, 9.17) is 14.5 Å². The van der Waals surface area contributed by atoms with E-state index in [9.17, 15) is 0 Å². The second kappa shape index (κ2) is 18.5. The van der Waals surface area contributed by atoms with Crippen molar-refractivity contribution in [3.8, 4) is 34.0 Å². The van der Waals surface area contributed by atoms with Gasteiger partial charge in [-0.15, -0.1) is 0 Å². The van der Waals surface area contributed by atoms with Gasteiger partial charge in [0.2, 0.25) is 0 Å². The Hall–Kier alpha value is -8.01. The number of hydrogen-bond acceptors (Lipinski definition) is 3. The smallest absolute Gasteiger partial charge is 0.118 e. The van der Waals surface area contributed by atoms with E-state index in [0.29, 0.717) is 0 Å². The van der Waals surface area contributed by atoms with Crippen molar-refractivity contribution in [3.05, 3.63) is 281 Å². The summed E-state index contributed by atoms with van der Waals surface area (Å²) >= 11 is 0. The zero-order valence-corrected chi connectivity index (χ0v) is 34.8. The lowest BCUT2D eigenvalue weighted by Gasteiger charge is -2.19. The Balaban J connectivity index is 1.10. The summed E-state index contributed by atoms with van der Waals surface area (Å²) in [6.07, 6.45) is 0. The summed E-state index contributed by atoms with van der Waals surface area (Å²) in [6, 6.07) is 83.1. The van der Waals surface area contributed by atoms with Gasteiger partial charge in [0.25, 0.3) is 0 Å². The molecule has 62 heavy (non-hydrogen) atoms. The molecule has 0 aliphatic rings. The second-order valence-electron chi connectivity index (χ2n) is 15.0. The van der Waals surface area contributed by atoms with E-state index in [2.05, 4.69) is 212 Å². The topological polar surface area (TPSA) is 31.4 Å². The molecule has 0 aliphatic carbocycles. The minimum Gasteiger partial charge on any atom is -0.497 e. The molecule has 3 heteroatoms. The summed E-state index contributed by atoms with van der Waals surface area (Å²) < 4.78 is 11.1. The molecule has 1 heterocycles. The molecular formula is C59H45NO2. The first-order valence-corrected chi connectivity index (χ1v) is 20.8. The lowest BCUT2D eigenvalue weighted by molar-refractivity contribution is 0.414. The van der Waals surface area contributed by atoms with E-state index in [1.807, 2.05) is 24.3 Å². The molecule has 0 atom stereocenters. The number of hydrogen-bond donors (Lipinski definition) is 0. The summed E-state index contributed by atoms with van der Waals surface area (Å²) in [5.41, 5.74) is 17.6. The van der Waals surface area contributed by atoms with Crippen molar-refractivity contribution in [2.24, 2.45) is 0 Å². The van der Waals surface area contributed by atoms with Gasteiger partial charge in [-0.05, 0) is 103 Å². The maximum absolute atomic E-state index is 5.55. The third-order valence-corrected chi connectivity index (χ3v) is 11.2. The standard InChI is InChI=1S/C59H45NO2/c1-61-52-38-34-50(35-39-52)58(56(44-16-7-3-8-17-44)45-18-9-4-10-19-45)48-30-26-42(27-31-48)54-24-15-25-55(60-54)43-28-32-49(33-29-43)59(51-36-40-53(62-2)41-37-51)57(46-20-11-5-12-21-46)47-22-13-6-14-23-47/h3-41H,1-2H3. The summed E-state index contributed by atoms with van der Waals surface area (Å²) in [5.74, 6) is 1.64. The van der Waals surface area contributed by atoms with E-state index in [1.165, 1.54) is 0 Å². The predicted octanol–water partition coefficient (Wildman–Crippen LogP) is 14.4. The first kappa shape index (κ1) is 39.5. The van der Waals surface area contributed by atoms with Gasteiger partial charge >= 0.3 is 0 Å². The van der Waals surface area contributed by atoms with Gasteiger partial charge in [0.05, 0.1) is 25.6 Å². The molecule has 0 saturated heterocycles. The Kier molecular flexibility index (Phi) is 11.8. The molecule has 9 rings (SSSR count). The molecule has 0 saturated carbocycles. The lowest BCUT2D eigenvalue weighted by Crippen LogP contribution is -1.98. The third kappa shape index (κ3) is 8.52. The zero-order chi connectivity index (χ0) is 42.1. The molecule has 0 radical (unpaired) electrons. The van der Waals surface area contributed by atoms with Crippen LogP contribution in [0.3, 0.4) is 0 Å². The third-order valence-electron chi connectivity index (χ3n) is 11.2. The van der Waals surface area contributed by atoms with E-state index in [1.54, 1.807) is 14.2 Å². The van der Waals surface area contributed by atoms with E-state index in [0.717, 1.165) is 101 Å². The van der Waals surface area contributed by atoms with Gasteiger partial charge in [0.15, 0.2) is 0 Å². The van der Waals surface area contributed by atoms with Crippen LogP contribution >= 0.6 is 0 Å². The van der Waals surface area contributed by atoms with E-state index < -0.39 is 0 Å². The number of pyridine rings is 1. The molecule has 8 aromatic carbocycles. The number of nitrogens with zero attached hydrogens (tertiary/aromatic N) is 1. The predicted molar refractivity (Wildman–Crippen MR) is 257 cm³/mol. The molecule has 0 spiro atoms. The molecule has 1 aromatic heterocycles. The lowest BCUT2D eigenvalue weighted by atomic mass is 9.85. The molecular weight excluding hydrogens is 755 g/mol. The average Bonchev–Trinajstić information content (AvgIpc) is 3.36. The van der Waals surface area contributed by atoms with Crippen LogP contribution < -0.4 is 9.47 Å². The van der Waals surface area contributed by atoms with Crippen molar-refractivity contribution >= 4 is 22.3 Å². The molecule has 0 bridgehead atoms. The maximum Gasteiger partial charge on any atom is 0.118 e. The molecule has 0 amide bonds. The SMILES string of the molecule is COc1ccc(C(=C(c2ccccc2)c2ccccc2)c2ccc(-c3cccc(-c4ccc(C(=C(c5ccccc5)c5ccccc5)c5ccc(OC)cc5)cc4)n3)cc2)cc1. The Labute approximate surface area is 364 Å². The van der Waals surface area contributed by atoms with Crippen LogP contribution in [0.15, 0.2) is 237 Å². The van der Waals surface area contributed by atoms with Gasteiger partial charge in [0.1, 0.15) is 11.5 Å². The van der Waals surface area contributed by atoms with Crippen LogP contribution in [-0.2, 0) is 0 Å². The number of methoxy groups -OCH3 is 2. The first-order valence-electron chi connectivity index (χ1n) is 20.8. The summed E-state index contributed by atoms with van der Waals surface area (Å²) in [4.78, 5) is 5.23. The van der Waals surface area contributed by atoms with Crippen molar-refractivity contribution in [1.29, 1.82) is 0 Å². The van der Waals surface area contributed by atoms with Crippen molar-refractivity contribution in [3.63, 3.8) is 0 Å². The van der Waals surface area contributed by atoms with E-state index >= 15 is 0 Å². The van der Waals surface area contributed by atoms with E-state index in [-0.39, 0.29) is 0 Å². The van der Waals surface area contributed by atoms with Crippen LogP contribution in [0.4, 0.5) is 0 Å². The Morgan fingerprint density at radius 1 is 0.258 bits per heavy atom. The largest absolute Gasteiger partial charge is 0.497 e. The van der Waals surface area contributed by atoms with Crippen LogP contribution in [0.25, 0.3) is 44.8 Å². The quantitative estimate of drug-likeness (QED) is 0.115. The minimum atomic E-state index is 0.822. The van der Waals surface area contributed by atoms with Crippen molar-refractivity contribution in [1.82, 2.24) is 4.98 Å². The van der Waals surface area contributed by atoms with Crippen LogP contribution in [0.5, 0.6) is 11.5 Å². The fraction of sp³-hybridized carbons (Fsp3) is 0.0339. The minimum absolute atomic E-state index is 0.822. The zero-order valence-electron chi connectivity index (χ0n) is 34.8. The summed E-state index contributed by atoms with van der Waals surface area (Å²) in [7, 11) is 3.40. The highest BCUT2D eigenvalue weighted by Crippen LogP contribution is 2.40. The van der Waals surface area contributed by atoms with Gasteiger partial charge in [-0.25, -0.2) is 4.98 Å². The molecule has 298 valence electrons. The summed E-state index contributed by atoms with van der Waals surface area (Å²) in [6.45, 7) is 0. The molecule has 0 aliphatic heterocycles. The van der Waals surface area contributed by atoms with Gasteiger partial charge in [-0.1, -0.05) is 200 Å². The normalized spacial score (nSPS) is 10.7. The Morgan fingerprint density at radius 2 is 0.500 bits per heavy atom. The average molecular weight is 800 g/mol. The Morgan fingerprint density at radius 3 is 0.758 bits per heavy atom. The number of aromatic nitrogens is 1. The highest BCUT2D eigenvalue weighted by Gasteiger charge is 2.19. The van der Waals surface area contributed by atoms with Crippen molar-refractivity contribution < 1.29 is 9.47 Å². The first-order chi connectivity index (χ1) is 30.7. The fourth-order valence-electron chi connectivity index (χ4n) is 8.13.